The van der Waals surface area contributed by atoms with Gasteiger partial charge in [0.1, 0.15) is 11.8 Å². The van der Waals surface area contributed by atoms with Crippen LogP contribution in [0, 0.1) is 0 Å². The Morgan fingerprint density at radius 2 is 2.00 bits per heavy atom. The van der Waals surface area contributed by atoms with Crippen LogP contribution in [0.5, 0.6) is 0 Å². The number of nitrogens with zero attached hydrogens (tertiary/aromatic N) is 2. The summed E-state index contributed by atoms with van der Waals surface area (Å²) in [7, 11) is -0.164. The van der Waals surface area contributed by atoms with Crippen LogP contribution in [0.25, 0.3) is 0 Å². The van der Waals surface area contributed by atoms with Gasteiger partial charge in [-0.1, -0.05) is 0 Å². The van der Waals surface area contributed by atoms with Gasteiger partial charge < -0.3 is 15.1 Å². The number of carbonyl (C=O) groups is 2. The molecule has 0 saturated carbocycles. The molecule has 2 amide bonds. The van der Waals surface area contributed by atoms with Gasteiger partial charge in [0.05, 0.1) is 0 Å². The van der Waals surface area contributed by atoms with Crippen molar-refractivity contribution in [2.45, 2.75) is 6.04 Å². The van der Waals surface area contributed by atoms with Crippen molar-refractivity contribution in [2.75, 3.05) is 45.7 Å². The summed E-state index contributed by atoms with van der Waals surface area (Å²) in [5, 5.41) is 3.03. The Kier molecular flexibility index (Phi) is 4.69. The van der Waals surface area contributed by atoms with Crippen LogP contribution < -0.4 is 5.32 Å². The molecule has 1 unspecified atom stereocenters. The van der Waals surface area contributed by atoms with Crippen LogP contribution >= 0.6 is 0 Å². The summed E-state index contributed by atoms with van der Waals surface area (Å²) in [5.41, 5.74) is 0. The predicted octanol–water partition coefficient (Wildman–Crippen LogP) is -2.08. The van der Waals surface area contributed by atoms with Crippen molar-refractivity contribution in [1.29, 1.82) is 0 Å². The minimum absolute atomic E-state index is 0.205. The minimum atomic E-state index is -3.38. The maximum Gasteiger partial charge on any atom is 0.246 e. The van der Waals surface area contributed by atoms with Gasteiger partial charge in [-0.2, -0.15) is 0 Å². The van der Waals surface area contributed by atoms with Crippen LogP contribution in [0.1, 0.15) is 0 Å². The molecule has 7 nitrogen and oxygen atoms in total. The highest BCUT2D eigenvalue weighted by atomic mass is 32.2. The third-order valence-corrected chi connectivity index (χ3v) is 3.45. The smallest absolute Gasteiger partial charge is 0.246 e. The third kappa shape index (κ3) is 3.95. The quantitative estimate of drug-likeness (QED) is 0.640. The number of hydrogen-bond acceptors (Lipinski definition) is 5. The fourth-order valence-corrected chi connectivity index (χ4v) is 2.44. The van der Waals surface area contributed by atoms with Gasteiger partial charge in [-0.25, -0.2) is 8.42 Å². The monoisotopic (exact) mass is 277 g/mol. The molecule has 1 atom stereocenters. The highest BCUT2D eigenvalue weighted by Crippen LogP contribution is 2.07. The van der Waals surface area contributed by atoms with E-state index >= 15 is 0 Å². The first-order valence-corrected chi connectivity index (χ1v) is 7.67. The van der Waals surface area contributed by atoms with Gasteiger partial charge >= 0.3 is 0 Å². The number of hydrogen-bond donors (Lipinski definition) is 1. The molecule has 1 aliphatic rings. The van der Waals surface area contributed by atoms with E-state index in [1.54, 1.807) is 14.1 Å². The fraction of sp³-hybridized carbons (Fsp3) is 0.800. The van der Waals surface area contributed by atoms with Gasteiger partial charge in [-0.3, -0.25) is 9.59 Å². The van der Waals surface area contributed by atoms with Crippen LogP contribution in [-0.2, 0) is 19.4 Å². The average Bonchev–Trinajstić information content (AvgIpc) is 2.25. The molecule has 1 heterocycles. The third-order valence-electron chi connectivity index (χ3n) is 2.68. The zero-order chi connectivity index (χ0) is 13.9. The second kappa shape index (κ2) is 5.66. The second-order valence-corrected chi connectivity index (χ2v) is 6.75. The first-order valence-electron chi connectivity index (χ1n) is 5.61. The lowest BCUT2D eigenvalue weighted by Crippen LogP contribution is -2.60. The van der Waals surface area contributed by atoms with Crippen molar-refractivity contribution in [2.24, 2.45) is 0 Å². The van der Waals surface area contributed by atoms with E-state index in [1.165, 1.54) is 9.80 Å². The lowest BCUT2D eigenvalue weighted by atomic mass is 10.1. The molecule has 1 rings (SSSR count). The van der Waals surface area contributed by atoms with E-state index in [2.05, 4.69) is 5.32 Å². The standard InChI is InChI=1S/C10H19N3O4S/c1-12(2)10(15)8-6-11-4-5-13(8)9(14)7-18(3,16)17/h8,11H,4-7H2,1-3H3. The molecule has 1 N–H and O–H groups in total. The molecular weight excluding hydrogens is 258 g/mol. The Bertz CT molecular complexity index is 432. The van der Waals surface area contributed by atoms with Crippen molar-refractivity contribution in [3.05, 3.63) is 0 Å². The molecule has 0 spiro atoms. The Hall–Kier alpha value is -1.15. The molecule has 104 valence electrons. The van der Waals surface area contributed by atoms with E-state index in [1.807, 2.05) is 0 Å². The number of carbonyl (C=O) groups excluding carboxylic acids is 2. The van der Waals surface area contributed by atoms with Crippen LogP contribution in [-0.4, -0.2) is 81.8 Å². The van der Waals surface area contributed by atoms with Gasteiger partial charge in [0, 0.05) is 40.0 Å². The van der Waals surface area contributed by atoms with Crippen molar-refractivity contribution < 1.29 is 18.0 Å². The first kappa shape index (κ1) is 14.9. The van der Waals surface area contributed by atoms with E-state index in [9.17, 15) is 18.0 Å². The van der Waals surface area contributed by atoms with E-state index in [4.69, 9.17) is 0 Å². The van der Waals surface area contributed by atoms with E-state index in [0.717, 1.165) is 6.26 Å². The van der Waals surface area contributed by atoms with E-state index in [-0.39, 0.29) is 5.91 Å². The molecule has 0 aromatic rings. The van der Waals surface area contributed by atoms with Gasteiger partial charge in [0.2, 0.25) is 11.8 Å². The Morgan fingerprint density at radius 3 is 2.50 bits per heavy atom. The van der Waals surface area contributed by atoms with Crippen LogP contribution in [0.4, 0.5) is 0 Å². The van der Waals surface area contributed by atoms with Crippen LogP contribution in [0.2, 0.25) is 0 Å². The van der Waals surface area contributed by atoms with Gasteiger partial charge in [-0.15, -0.1) is 0 Å². The fourth-order valence-electron chi connectivity index (χ4n) is 1.83. The normalized spacial score (nSPS) is 20.6. The van der Waals surface area contributed by atoms with Crippen molar-refractivity contribution in [3.63, 3.8) is 0 Å². The van der Waals surface area contributed by atoms with Crippen molar-refractivity contribution in [1.82, 2.24) is 15.1 Å². The molecule has 1 saturated heterocycles. The molecule has 0 radical (unpaired) electrons. The Morgan fingerprint density at radius 1 is 1.39 bits per heavy atom. The highest BCUT2D eigenvalue weighted by molar-refractivity contribution is 7.91. The number of amides is 2. The predicted molar refractivity (Wildman–Crippen MR) is 66.8 cm³/mol. The maximum absolute atomic E-state index is 11.9. The number of likely N-dealkylation sites (N-methyl/N-ethyl adjacent to an activating group) is 1. The summed E-state index contributed by atoms with van der Waals surface area (Å²) in [6.07, 6.45) is 1.01. The van der Waals surface area contributed by atoms with E-state index < -0.39 is 27.5 Å². The van der Waals surface area contributed by atoms with Gasteiger partial charge in [0.15, 0.2) is 9.84 Å². The molecule has 0 aromatic heterocycles. The topological polar surface area (TPSA) is 86.8 Å². The summed E-state index contributed by atoms with van der Waals surface area (Å²) >= 11 is 0. The van der Waals surface area contributed by atoms with Gasteiger partial charge in [0.25, 0.3) is 0 Å². The van der Waals surface area contributed by atoms with Crippen molar-refractivity contribution in [3.8, 4) is 0 Å². The summed E-state index contributed by atoms with van der Waals surface area (Å²) in [4.78, 5) is 26.6. The van der Waals surface area contributed by atoms with Crippen LogP contribution in [0.3, 0.4) is 0 Å². The SMILES string of the molecule is CN(C)C(=O)C1CNCCN1C(=O)CS(C)(=O)=O. The van der Waals surface area contributed by atoms with Crippen LogP contribution in [0.15, 0.2) is 0 Å². The molecule has 1 fully saturated rings. The molecule has 0 bridgehead atoms. The Labute approximate surface area is 107 Å². The Balaban J connectivity index is 2.83. The summed E-state index contributed by atoms with van der Waals surface area (Å²) in [6, 6.07) is -0.622. The molecular formula is C10H19N3O4S. The molecule has 0 aliphatic carbocycles. The van der Waals surface area contributed by atoms with E-state index in [0.29, 0.717) is 19.6 Å². The minimum Gasteiger partial charge on any atom is -0.347 e. The lowest BCUT2D eigenvalue weighted by Gasteiger charge is -2.36. The first-order chi connectivity index (χ1) is 8.22. The lowest BCUT2D eigenvalue weighted by molar-refractivity contribution is -0.144. The maximum atomic E-state index is 11.9. The van der Waals surface area contributed by atoms with Crippen molar-refractivity contribution >= 4 is 21.7 Å². The summed E-state index contributed by atoms with van der Waals surface area (Å²) in [5.74, 6) is -1.27. The van der Waals surface area contributed by atoms with Gasteiger partial charge in [-0.05, 0) is 0 Å². The zero-order valence-electron chi connectivity index (χ0n) is 10.8. The molecule has 0 aromatic carbocycles. The summed E-state index contributed by atoms with van der Waals surface area (Å²) in [6.45, 7) is 1.26. The number of rotatable bonds is 3. The average molecular weight is 277 g/mol. The summed E-state index contributed by atoms with van der Waals surface area (Å²) < 4.78 is 22.3. The number of piperazine rings is 1. The molecule has 8 heteroatoms. The highest BCUT2D eigenvalue weighted by Gasteiger charge is 2.33. The zero-order valence-corrected chi connectivity index (χ0v) is 11.7. The largest absolute Gasteiger partial charge is 0.347 e. The molecule has 18 heavy (non-hydrogen) atoms. The second-order valence-electron chi connectivity index (χ2n) is 4.61. The molecule has 1 aliphatic heterocycles. The number of nitrogens with one attached hydrogen (secondary N) is 1. The number of sulfone groups is 1.